The first-order valence-corrected chi connectivity index (χ1v) is 7.62. The average molecular weight is 370 g/mol. The number of benzene rings is 1. The molecular formula is C15H13Cl2N3O4. The van der Waals surface area contributed by atoms with Gasteiger partial charge < -0.3 is 5.32 Å². The van der Waals surface area contributed by atoms with Crippen LogP contribution < -0.4 is 10.9 Å². The van der Waals surface area contributed by atoms with Crippen LogP contribution in [0.2, 0.25) is 10.0 Å². The van der Waals surface area contributed by atoms with E-state index in [0.717, 1.165) is 28.5 Å². The lowest BCUT2D eigenvalue weighted by Crippen LogP contribution is -2.33. The number of nitro groups is 1. The van der Waals surface area contributed by atoms with E-state index in [1.165, 1.54) is 0 Å². The minimum absolute atomic E-state index is 0.264. The number of aromatic nitrogens is 1. The standard InChI is InChI=1S/C15H13Cl2N3O4/c1-9(10-2-4-12(16)13(17)6-10)18-14(21)8-19-7-11(20(23)24)3-5-15(19)22/h2-7,9H,8H2,1H3,(H,18,21)/t9-/m1/s1. The van der Waals surface area contributed by atoms with E-state index < -0.39 is 16.4 Å². The topological polar surface area (TPSA) is 94.2 Å². The molecule has 126 valence electrons. The fraction of sp³-hybridized carbons (Fsp3) is 0.200. The van der Waals surface area contributed by atoms with Gasteiger partial charge in [-0.2, -0.15) is 0 Å². The summed E-state index contributed by atoms with van der Waals surface area (Å²) in [4.78, 5) is 33.9. The quantitative estimate of drug-likeness (QED) is 0.647. The second-order valence-electron chi connectivity index (χ2n) is 5.07. The van der Waals surface area contributed by atoms with Crippen LogP contribution in [0.3, 0.4) is 0 Å². The lowest BCUT2D eigenvalue weighted by Gasteiger charge is -2.15. The molecule has 0 fully saturated rings. The molecular weight excluding hydrogens is 357 g/mol. The number of carbonyl (C=O) groups excluding carboxylic acids is 1. The monoisotopic (exact) mass is 369 g/mol. The highest BCUT2D eigenvalue weighted by molar-refractivity contribution is 6.42. The Balaban J connectivity index is 2.10. The molecule has 24 heavy (non-hydrogen) atoms. The summed E-state index contributed by atoms with van der Waals surface area (Å²) in [6.07, 6.45) is 1.03. The number of rotatable bonds is 5. The van der Waals surface area contributed by atoms with Gasteiger partial charge in [0.2, 0.25) is 5.91 Å². The summed E-state index contributed by atoms with van der Waals surface area (Å²) in [5.41, 5.74) is -0.0259. The second-order valence-corrected chi connectivity index (χ2v) is 5.89. The van der Waals surface area contributed by atoms with Crippen molar-refractivity contribution < 1.29 is 9.72 Å². The van der Waals surface area contributed by atoms with Gasteiger partial charge in [0.15, 0.2) is 0 Å². The van der Waals surface area contributed by atoms with Crippen LogP contribution in [0.4, 0.5) is 5.69 Å². The van der Waals surface area contributed by atoms with Gasteiger partial charge in [0, 0.05) is 12.1 Å². The van der Waals surface area contributed by atoms with Crippen molar-refractivity contribution in [1.82, 2.24) is 9.88 Å². The molecule has 2 rings (SSSR count). The van der Waals surface area contributed by atoms with E-state index in [1.54, 1.807) is 25.1 Å². The number of hydrogen-bond acceptors (Lipinski definition) is 4. The van der Waals surface area contributed by atoms with Gasteiger partial charge >= 0.3 is 0 Å². The van der Waals surface area contributed by atoms with E-state index in [-0.39, 0.29) is 18.3 Å². The molecule has 1 aromatic carbocycles. The third-order valence-corrected chi connectivity index (χ3v) is 4.05. The summed E-state index contributed by atoms with van der Waals surface area (Å²) in [7, 11) is 0. The largest absolute Gasteiger partial charge is 0.348 e. The Morgan fingerprint density at radius 1 is 1.29 bits per heavy atom. The van der Waals surface area contributed by atoms with Crippen molar-refractivity contribution in [3.05, 3.63) is 72.6 Å². The highest BCUT2D eigenvalue weighted by Gasteiger charge is 2.14. The number of halogens is 2. The molecule has 0 spiro atoms. The SMILES string of the molecule is C[C@@H](NC(=O)Cn1cc([N+](=O)[O-])ccc1=O)c1ccc(Cl)c(Cl)c1. The lowest BCUT2D eigenvalue weighted by molar-refractivity contribution is -0.385. The molecule has 0 saturated heterocycles. The molecule has 1 N–H and O–H groups in total. The van der Waals surface area contributed by atoms with E-state index in [9.17, 15) is 19.7 Å². The molecule has 1 heterocycles. The Labute approximate surface area is 147 Å². The maximum atomic E-state index is 12.1. The Morgan fingerprint density at radius 2 is 2.00 bits per heavy atom. The van der Waals surface area contributed by atoms with Crippen LogP contribution in [0.25, 0.3) is 0 Å². The molecule has 1 atom stereocenters. The molecule has 2 aromatic rings. The normalized spacial score (nSPS) is 11.8. The minimum atomic E-state index is -0.633. The maximum absolute atomic E-state index is 12.1. The predicted molar refractivity (Wildman–Crippen MR) is 90.4 cm³/mol. The van der Waals surface area contributed by atoms with Gasteiger partial charge in [0.1, 0.15) is 6.54 Å². The number of carbonyl (C=O) groups is 1. The molecule has 1 aromatic heterocycles. The zero-order valence-corrected chi connectivity index (χ0v) is 14.0. The molecule has 0 unspecified atom stereocenters. The predicted octanol–water partition coefficient (Wildman–Crippen LogP) is 2.94. The zero-order valence-electron chi connectivity index (χ0n) is 12.5. The highest BCUT2D eigenvalue weighted by atomic mass is 35.5. The third-order valence-electron chi connectivity index (χ3n) is 3.31. The highest BCUT2D eigenvalue weighted by Crippen LogP contribution is 2.25. The summed E-state index contributed by atoms with van der Waals surface area (Å²) in [6, 6.07) is 6.74. The van der Waals surface area contributed by atoms with E-state index in [2.05, 4.69) is 5.32 Å². The first-order valence-electron chi connectivity index (χ1n) is 6.87. The van der Waals surface area contributed by atoms with Gasteiger partial charge in [-0.1, -0.05) is 29.3 Å². The number of amides is 1. The van der Waals surface area contributed by atoms with Crippen molar-refractivity contribution in [2.24, 2.45) is 0 Å². The van der Waals surface area contributed by atoms with Gasteiger partial charge in [-0.05, 0) is 24.6 Å². The Morgan fingerprint density at radius 3 is 2.62 bits per heavy atom. The fourth-order valence-electron chi connectivity index (χ4n) is 2.06. The van der Waals surface area contributed by atoms with E-state index >= 15 is 0 Å². The maximum Gasteiger partial charge on any atom is 0.285 e. The smallest absolute Gasteiger partial charge is 0.285 e. The molecule has 0 aliphatic carbocycles. The van der Waals surface area contributed by atoms with Crippen molar-refractivity contribution in [2.75, 3.05) is 0 Å². The average Bonchev–Trinajstić information content (AvgIpc) is 2.51. The summed E-state index contributed by atoms with van der Waals surface area (Å²) < 4.78 is 0.981. The van der Waals surface area contributed by atoms with Crippen molar-refractivity contribution in [3.8, 4) is 0 Å². The van der Waals surface area contributed by atoms with Crippen molar-refractivity contribution in [1.29, 1.82) is 0 Å². The van der Waals surface area contributed by atoms with E-state index in [1.807, 2.05) is 0 Å². The zero-order chi connectivity index (χ0) is 17.9. The van der Waals surface area contributed by atoms with Gasteiger partial charge in [-0.15, -0.1) is 0 Å². The number of hydrogen-bond donors (Lipinski definition) is 1. The van der Waals surface area contributed by atoms with Gasteiger partial charge in [-0.3, -0.25) is 24.3 Å². The number of nitrogens with one attached hydrogen (secondary N) is 1. The molecule has 0 saturated carbocycles. The van der Waals surface area contributed by atoms with E-state index in [0.29, 0.717) is 10.0 Å². The van der Waals surface area contributed by atoms with Crippen molar-refractivity contribution in [2.45, 2.75) is 19.5 Å². The van der Waals surface area contributed by atoms with Crippen LogP contribution in [-0.4, -0.2) is 15.4 Å². The Kier molecular flexibility index (Phi) is 5.58. The van der Waals surface area contributed by atoms with Crippen LogP contribution in [0.15, 0.2) is 41.3 Å². The molecule has 0 aliphatic rings. The van der Waals surface area contributed by atoms with Crippen molar-refractivity contribution in [3.63, 3.8) is 0 Å². The first kappa shape index (κ1) is 18.0. The lowest BCUT2D eigenvalue weighted by atomic mass is 10.1. The van der Waals surface area contributed by atoms with Crippen LogP contribution in [0.5, 0.6) is 0 Å². The summed E-state index contributed by atoms with van der Waals surface area (Å²) in [6.45, 7) is 1.42. The van der Waals surface area contributed by atoms with Crippen LogP contribution in [0.1, 0.15) is 18.5 Å². The van der Waals surface area contributed by atoms with Crippen molar-refractivity contribution >= 4 is 34.8 Å². The summed E-state index contributed by atoms with van der Waals surface area (Å²) >= 11 is 11.8. The summed E-state index contributed by atoms with van der Waals surface area (Å²) in [5.74, 6) is -0.462. The first-order chi connectivity index (χ1) is 11.3. The van der Waals surface area contributed by atoms with Crippen LogP contribution >= 0.6 is 23.2 Å². The molecule has 7 nitrogen and oxygen atoms in total. The number of nitrogens with zero attached hydrogens (tertiary/aromatic N) is 2. The van der Waals surface area contributed by atoms with Gasteiger partial charge in [0.25, 0.3) is 11.2 Å². The van der Waals surface area contributed by atoms with Crippen LogP contribution in [-0.2, 0) is 11.3 Å². The molecule has 0 aliphatic heterocycles. The fourth-order valence-corrected chi connectivity index (χ4v) is 2.36. The molecule has 9 heteroatoms. The van der Waals surface area contributed by atoms with Crippen LogP contribution in [0, 0.1) is 10.1 Å². The summed E-state index contributed by atoms with van der Waals surface area (Å²) in [5, 5.41) is 14.2. The second kappa shape index (κ2) is 7.46. The minimum Gasteiger partial charge on any atom is -0.348 e. The van der Waals surface area contributed by atoms with Gasteiger partial charge in [-0.25, -0.2) is 0 Å². The number of pyridine rings is 1. The van der Waals surface area contributed by atoms with E-state index in [4.69, 9.17) is 23.2 Å². The third kappa shape index (κ3) is 4.33. The molecule has 0 radical (unpaired) electrons. The Bertz CT molecular complexity index is 851. The molecule has 1 amide bonds. The Hall–Kier alpha value is -2.38. The van der Waals surface area contributed by atoms with Gasteiger partial charge in [0.05, 0.1) is 27.2 Å². The molecule has 0 bridgehead atoms.